The molecule has 2 aromatic carbocycles. The number of rotatable bonds is 4. The zero-order valence-electron chi connectivity index (χ0n) is 16.9. The van der Waals surface area contributed by atoms with E-state index in [1.807, 2.05) is 25.3 Å². The highest BCUT2D eigenvalue weighted by Gasteiger charge is 2.30. The minimum atomic E-state index is -4.43. The van der Waals surface area contributed by atoms with Gasteiger partial charge in [-0.3, -0.25) is 0 Å². The summed E-state index contributed by atoms with van der Waals surface area (Å²) in [4.78, 5) is 16.3. The largest absolute Gasteiger partial charge is 0.416 e. The van der Waals surface area contributed by atoms with Gasteiger partial charge in [0.2, 0.25) is 0 Å². The summed E-state index contributed by atoms with van der Waals surface area (Å²) in [6, 6.07) is 10.8. The maximum Gasteiger partial charge on any atom is 0.416 e. The molecule has 164 valence electrons. The summed E-state index contributed by atoms with van der Waals surface area (Å²) in [6.07, 6.45) is -0.351. The van der Waals surface area contributed by atoms with Crippen molar-refractivity contribution in [2.45, 2.75) is 19.5 Å². The number of nitrogens with two attached hydrogens (primary N) is 1. The molecule has 32 heavy (non-hydrogen) atoms. The number of nitrogen functional groups attached to an aromatic ring is 1. The van der Waals surface area contributed by atoms with Crippen LogP contribution in [0.25, 0.3) is 16.6 Å². The van der Waals surface area contributed by atoms with Gasteiger partial charge in [-0.25, -0.2) is 14.3 Å². The van der Waals surface area contributed by atoms with Crippen LogP contribution in [-0.2, 0) is 12.6 Å². The molecule has 2 aromatic heterocycles. The van der Waals surface area contributed by atoms with Crippen LogP contribution in [0.15, 0.2) is 61.1 Å². The second kappa shape index (κ2) is 8.22. The molecule has 4 aromatic rings. The zero-order chi connectivity index (χ0) is 22.9. The third-order valence-corrected chi connectivity index (χ3v) is 4.96. The van der Waals surface area contributed by atoms with Crippen LogP contribution in [0, 0.1) is 0 Å². The smallest absolute Gasteiger partial charge is 0.382 e. The average Bonchev–Trinajstić information content (AvgIpc) is 3.14. The number of nitrogens with zero attached hydrogens (tertiary/aromatic N) is 3. The number of hydrogen-bond donors (Lipinski definition) is 3. The van der Waals surface area contributed by atoms with E-state index in [0.717, 1.165) is 35.2 Å². The maximum atomic E-state index is 12.6. The number of aromatic nitrogens is 3. The van der Waals surface area contributed by atoms with E-state index in [4.69, 9.17) is 5.73 Å². The molecule has 0 fully saturated rings. The number of carbonyl (C=O) groups excluding carboxylic acids is 1. The highest BCUT2D eigenvalue weighted by molar-refractivity contribution is 6.00. The van der Waals surface area contributed by atoms with Crippen LogP contribution in [-0.4, -0.2) is 20.6 Å². The number of halogens is 3. The Balaban J connectivity index is 1.50. The molecule has 0 unspecified atom stereocenters. The Kier molecular flexibility index (Phi) is 5.43. The average molecular weight is 440 g/mol. The van der Waals surface area contributed by atoms with Crippen LogP contribution in [0.4, 0.5) is 35.2 Å². The van der Waals surface area contributed by atoms with E-state index in [1.54, 1.807) is 16.6 Å². The van der Waals surface area contributed by atoms with Gasteiger partial charge < -0.3 is 16.4 Å². The molecule has 4 N–H and O–H groups in total. The Bertz CT molecular complexity index is 1260. The Morgan fingerprint density at radius 3 is 2.19 bits per heavy atom. The number of aryl methyl sites for hydroxylation is 1. The van der Waals surface area contributed by atoms with E-state index in [-0.39, 0.29) is 5.69 Å². The van der Waals surface area contributed by atoms with Gasteiger partial charge in [-0.05, 0) is 53.9 Å². The van der Waals surface area contributed by atoms with Gasteiger partial charge in [0.1, 0.15) is 11.8 Å². The van der Waals surface area contributed by atoms with Crippen LogP contribution in [0.2, 0.25) is 0 Å². The maximum absolute atomic E-state index is 12.6. The van der Waals surface area contributed by atoms with Crippen molar-refractivity contribution < 1.29 is 18.0 Å². The lowest BCUT2D eigenvalue weighted by atomic mass is 10.0. The van der Waals surface area contributed by atoms with E-state index in [2.05, 4.69) is 20.7 Å². The van der Waals surface area contributed by atoms with Crippen LogP contribution in [0.1, 0.15) is 18.1 Å². The van der Waals surface area contributed by atoms with Gasteiger partial charge in [0.15, 0.2) is 5.82 Å². The van der Waals surface area contributed by atoms with Crippen molar-refractivity contribution in [1.82, 2.24) is 14.6 Å². The van der Waals surface area contributed by atoms with Crippen molar-refractivity contribution in [3.8, 4) is 11.1 Å². The Morgan fingerprint density at radius 2 is 1.62 bits per heavy atom. The van der Waals surface area contributed by atoms with E-state index >= 15 is 0 Å². The molecule has 0 aliphatic heterocycles. The van der Waals surface area contributed by atoms with Crippen molar-refractivity contribution in [1.29, 1.82) is 0 Å². The van der Waals surface area contributed by atoms with Crippen LogP contribution in [0.3, 0.4) is 0 Å². The molecule has 0 aliphatic carbocycles. The Hall–Kier alpha value is -4.08. The molecule has 0 saturated carbocycles. The van der Waals surface area contributed by atoms with E-state index < -0.39 is 17.8 Å². The summed E-state index contributed by atoms with van der Waals surface area (Å²) in [5, 5.41) is 9.38. The molecule has 0 radical (unpaired) electrons. The summed E-state index contributed by atoms with van der Waals surface area (Å²) >= 11 is 0. The lowest BCUT2D eigenvalue weighted by molar-refractivity contribution is -0.137. The van der Waals surface area contributed by atoms with E-state index in [1.165, 1.54) is 18.5 Å². The van der Waals surface area contributed by atoms with Gasteiger partial charge in [-0.1, -0.05) is 19.1 Å². The van der Waals surface area contributed by atoms with Crippen molar-refractivity contribution in [3.05, 3.63) is 72.2 Å². The molecule has 0 atom stereocenters. The Morgan fingerprint density at radius 1 is 1.03 bits per heavy atom. The number of benzene rings is 2. The lowest BCUT2D eigenvalue weighted by Gasteiger charge is -2.11. The number of nitrogens with one attached hydrogen (secondary N) is 2. The van der Waals surface area contributed by atoms with Crippen molar-refractivity contribution in [2.75, 3.05) is 16.4 Å². The van der Waals surface area contributed by atoms with Gasteiger partial charge in [-0.15, -0.1) is 0 Å². The standard InChI is InChI=1S/C22H19F3N6O/c1-2-13-11-31-19(20(26)27-12-28-31)18(13)14-3-7-16(8-4-14)29-21(32)30-17-9-5-15(6-10-17)22(23,24)25/h3-12H,2H2,1H3,(H2,26,27,28)(H2,29,30,32). The van der Waals surface area contributed by atoms with Gasteiger partial charge in [0.25, 0.3) is 0 Å². The van der Waals surface area contributed by atoms with Crippen LogP contribution >= 0.6 is 0 Å². The number of hydrogen-bond acceptors (Lipinski definition) is 4. The predicted molar refractivity (Wildman–Crippen MR) is 116 cm³/mol. The number of fused-ring (bicyclic) bond motifs is 1. The predicted octanol–water partition coefficient (Wildman–Crippen LogP) is 5.20. The van der Waals surface area contributed by atoms with E-state index in [0.29, 0.717) is 17.0 Å². The normalized spacial score (nSPS) is 11.5. The number of anilines is 3. The summed E-state index contributed by atoms with van der Waals surface area (Å²) in [5.74, 6) is 0.368. The second-order valence-corrected chi connectivity index (χ2v) is 7.05. The third-order valence-electron chi connectivity index (χ3n) is 4.96. The number of carbonyl (C=O) groups is 1. The highest BCUT2D eigenvalue weighted by Crippen LogP contribution is 2.33. The fourth-order valence-corrected chi connectivity index (χ4v) is 3.43. The molecular weight excluding hydrogens is 421 g/mol. The van der Waals surface area contributed by atoms with Crippen LogP contribution < -0.4 is 16.4 Å². The number of amides is 2. The molecule has 2 heterocycles. The first-order chi connectivity index (χ1) is 15.3. The SMILES string of the molecule is CCc1cn2ncnc(N)c2c1-c1ccc(NC(=O)Nc2ccc(C(F)(F)F)cc2)cc1. The summed E-state index contributed by atoms with van der Waals surface area (Å²) in [5.41, 5.74) is 9.62. The first kappa shape index (κ1) is 21.2. The fourth-order valence-electron chi connectivity index (χ4n) is 3.43. The van der Waals surface area contributed by atoms with Gasteiger partial charge in [0.05, 0.1) is 5.56 Å². The van der Waals surface area contributed by atoms with Crippen LogP contribution in [0.5, 0.6) is 0 Å². The molecule has 0 bridgehead atoms. The molecule has 0 spiro atoms. The molecule has 0 saturated heterocycles. The monoisotopic (exact) mass is 440 g/mol. The van der Waals surface area contributed by atoms with Gasteiger partial charge >= 0.3 is 12.2 Å². The van der Waals surface area contributed by atoms with Crippen molar-refractivity contribution >= 4 is 28.7 Å². The molecule has 4 rings (SSSR count). The summed E-state index contributed by atoms with van der Waals surface area (Å²) in [6.45, 7) is 2.03. The molecule has 0 aliphatic rings. The Labute approximate surface area is 181 Å². The molecule has 10 heteroatoms. The minimum Gasteiger partial charge on any atom is -0.382 e. The second-order valence-electron chi connectivity index (χ2n) is 7.05. The number of alkyl halides is 3. The quantitative estimate of drug-likeness (QED) is 0.406. The molecule has 2 amide bonds. The minimum absolute atomic E-state index is 0.246. The summed E-state index contributed by atoms with van der Waals surface area (Å²) in [7, 11) is 0. The molecule has 7 nitrogen and oxygen atoms in total. The lowest BCUT2D eigenvalue weighted by Crippen LogP contribution is -2.19. The third kappa shape index (κ3) is 4.20. The van der Waals surface area contributed by atoms with Gasteiger partial charge in [-0.2, -0.15) is 18.3 Å². The van der Waals surface area contributed by atoms with Crippen molar-refractivity contribution in [3.63, 3.8) is 0 Å². The number of urea groups is 1. The summed E-state index contributed by atoms with van der Waals surface area (Å²) < 4.78 is 39.6. The topological polar surface area (TPSA) is 97.3 Å². The first-order valence-electron chi connectivity index (χ1n) is 9.72. The zero-order valence-corrected chi connectivity index (χ0v) is 16.9. The van der Waals surface area contributed by atoms with Gasteiger partial charge in [0, 0.05) is 23.1 Å². The van der Waals surface area contributed by atoms with E-state index in [9.17, 15) is 18.0 Å². The first-order valence-corrected chi connectivity index (χ1v) is 9.72. The highest BCUT2D eigenvalue weighted by atomic mass is 19.4. The fraction of sp³-hybridized carbons (Fsp3) is 0.136. The molecular formula is C22H19F3N6O. The van der Waals surface area contributed by atoms with Crippen molar-refractivity contribution in [2.24, 2.45) is 0 Å².